The van der Waals surface area contributed by atoms with E-state index in [1.807, 2.05) is 6.07 Å². The molecule has 1 amide bonds. The maximum Gasteiger partial charge on any atom is 0.316 e. The molecule has 0 aromatic heterocycles. The molecule has 1 atom stereocenters. The van der Waals surface area contributed by atoms with E-state index in [1.165, 1.54) is 17.0 Å². The van der Waals surface area contributed by atoms with Gasteiger partial charge in [0.2, 0.25) is 5.91 Å². The smallest absolute Gasteiger partial charge is 0.316 e. The maximum atomic E-state index is 13.8. The van der Waals surface area contributed by atoms with Gasteiger partial charge in [-0.25, -0.2) is 4.39 Å². The summed E-state index contributed by atoms with van der Waals surface area (Å²) in [7, 11) is 0. The van der Waals surface area contributed by atoms with Gasteiger partial charge in [-0.05, 0) is 24.3 Å². The average Bonchev–Trinajstić information content (AvgIpc) is 2.91. The Morgan fingerprint density at radius 1 is 1.09 bits per heavy atom. The number of benzene rings is 2. The maximum absolute atomic E-state index is 13.8. The Kier molecular flexibility index (Phi) is 3.87. The van der Waals surface area contributed by atoms with E-state index in [0.29, 0.717) is 5.75 Å². The molecule has 2 aromatic carbocycles. The lowest BCUT2D eigenvalue weighted by atomic mass is 10.1. The SMILES string of the molecule is O=C(Oc1ccccc1)[C@H]1CC(=O)N(c2ccccc2F)C1. The van der Waals surface area contributed by atoms with Crippen molar-refractivity contribution in [2.45, 2.75) is 6.42 Å². The third kappa shape index (κ3) is 2.83. The van der Waals surface area contributed by atoms with Crippen LogP contribution in [0.15, 0.2) is 54.6 Å². The second kappa shape index (κ2) is 5.97. The van der Waals surface area contributed by atoms with E-state index < -0.39 is 17.7 Å². The minimum absolute atomic E-state index is 0.0278. The lowest BCUT2D eigenvalue weighted by molar-refractivity contribution is -0.139. The van der Waals surface area contributed by atoms with E-state index in [0.717, 1.165) is 0 Å². The van der Waals surface area contributed by atoms with Crippen LogP contribution in [-0.4, -0.2) is 18.4 Å². The fraction of sp³-hybridized carbons (Fsp3) is 0.176. The van der Waals surface area contributed by atoms with Crippen molar-refractivity contribution in [1.82, 2.24) is 0 Å². The minimum atomic E-state index is -0.590. The summed E-state index contributed by atoms with van der Waals surface area (Å²) in [5.41, 5.74) is 0.197. The first kappa shape index (κ1) is 14.3. The molecule has 1 aliphatic heterocycles. The average molecular weight is 299 g/mol. The number of amides is 1. The number of rotatable bonds is 3. The van der Waals surface area contributed by atoms with Gasteiger partial charge in [-0.3, -0.25) is 9.59 Å². The van der Waals surface area contributed by atoms with E-state index >= 15 is 0 Å². The topological polar surface area (TPSA) is 46.6 Å². The standard InChI is InChI=1S/C17H14FNO3/c18-14-8-4-5-9-15(14)19-11-12(10-16(19)20)17(21)22-13-6-2-1-3-7-13/h1-9,12H,10-11H2/t12-/m0/s1. The molecule has 0 unspecified atom stereocenters. The first-order chi connectivity index (χ1) is 10.6. The highest BCUT2D eigenvalue weighted by atomic mass is 19.1. The number of anilines is 1. The summed E-state index contributed by atoms with van der Waals surface area (Å²) in [4.78, 5) is 25.5. The van der Waals surface area contributed by atoms with E-state index in [1.54, 1.807) is 36.4 Å². The Morgan fingerprint density at radius 3 is 2.50 bits per heavy atom. The number of para-hydroxylation sites is 2. The lowest BCUT2D eigenvalue weighted by Gasteiger charge is -2.17. The molecule has 1 heterocycles. The minimum Gasteiger partial charge on any atom is -0.426 e. The van der Waals surface area contributed by atoms with E-state index in [2.05, 4.69) is 0 Å². The van der Waals surface area contributed by atoms with Crippen molar-refractivity contribution in [3.63, 3.8) is 0 Å². The Hall–Kier alpha value is -2.69. The Bertz CT molecular complexity index is 702. The predicted molar refractivity (Wildman–Crippen MR) is 78.9 cm³/mol. The van der Waals surface area contributed by atoms with Gasteiger partial charge in [-0.1, -0.05) is 30.3 Å². The quantitative estimate of drug-likeness (QED) is 0.647. The fourth-order valence-corrected chi connectivity index (χ4v) is 2.46. The Morgan fingerprint density at radius 2 is 1.77 bits per heavy atom. The molecule has 1 fully saturated rings. The van der Waals surface area contributed by atoms with Crippen molar-refractivity contribution in [2.75, 3.05) is 11.4 Å². The van der Waals surface area contributed by atoms with Gasteiger partial charge in [0.15, 0.2) is 0 Å². The van der Waals surface area contributed by atoms with Gasteiger partial charge in [0.25, 0.3) is 0 Å². The van der Waals surface area contributed by atoms with Gasteiger partial charge in [-0.2, -0.15) is 0 Å². The number of nitrogens with zero attached hydrogens (tertiary/aromatic N) is 1. The number of hydrogen-bond acceptors (Lipinski definition) is 3. The molecule has 0 saturated carbocycles. The van der Waals surface area contributed by atoms with Crippen molar-refractivity contribution >= 4 is 17.6 Å². The number of ether oxygens (including phenoxy) is 1. The van der Waals surface area contributed by atoms with Crippen molar-refractivity contribution in [3.8, 4) is 5.75 Å². The zero-order chi connectivity index (χ0) is 15.5. The lowest BCUT2D eigenvalue weighted by Crippen LogP contribution is -2.28. The number of hydrogen-bond donors (Lipinski definition) is 0. The number of carbonyl (C=O) groups excluding carboxylic acids is 2. The van der Waals surface area contributed by atoms with Crippen LogP contribution < -0.4 is 9.64 Å². The zero-order valence-electron chi connectivity index (χ0n) is 11.7. The van der Waals surface area contributed by atoms with E-state index in [-0.39, 0.29) is 24.6 Å². The highest BCUT2D eigenvalue weighted by Gasteiger charge is 2.37. The molecule has 0 radical (unpaired) electrons. The summed E-state index contributed by atoms with van der Waals surface area (Å²) in [6.07, 6.45) is 0.0278. The largest absolute Gasteiger partial charge is 0.426 e. The van der Waals surface area contributed by atoms with Crippen LogP contribution in [0.3, 0.4) is 0 Å². The summed E-state index contributed by atoms with van der Waals surface area (Å²) < 4.78 is 19.0. The highest BCUT2D eigenvalue weighted by Crippen LogP contribution is 2.28. The molecule has 1 aliphatic rings. The fourth-order valence-electron chi connectivity index (χ4n) is 2.46. The molecule has 112 valence electrons. The summed E-state index contributed by atoms with van der Waals surface area (Å²) in [5, 5.41) is 0. The molecule has 4 nitrogen and oxygen atoms in total. The zero-order valence-corrected chi connectivity index (χ0v) is 11.7. The molecule has 3 rings (SSSR count). The molecule has 0 bridgehead atoms. The normalized spacial score (nSPS) is 17.6. The summed E-state index contributed by atoms with van der Waals surface area (Å²) in [6.45, 7) is 0.130. The van der Waals surface area contributed by atoms with Crippen molar-refractivity contribution in [2.24, 2.45) is 5.92 Å². The predicted octanol–water partition coefficient (Wildman–Crippen LogP) is 2.78. The van der Waals surface area contributed by atoms with Gasteiger partial charge >= 0.3 is 5.97 Å². The third-order valence-electron chi connectivity index (χ3n) is 3.56. The van der Waals surface area contributed by atoms with E-state index in [4.69, 9.17) is 4.74 Å². The summed E-state index contributed by atoms with van der Waals surface area (Å²) in [6, 6.07) is 14.7. The van der Waals surface area contributed by atoms with Gasteiger partial charge in [0.05, 0.1) is 11.6 Å². The van der Waals surface area contributed by atoms with Crippen LogP contribution >= 0.6 is 0 Å². The first-order valence-electron chi connectivity index (χ1n) is 6.97. The van der Waals surface area contributed by atoms with Crippen LogP contribution in [0.1, 0.15) is 6.42 Å². The van der Waals surface area contributed by atoms with Crippen LogP contribution in [0.25, 0.3) is 0 Å². The first-order valence-corrected chi connectivity index (χ1v) is 6.97. The molecule has 0 aliphatic carbocycles. The van der Waals surface area contributed by atoms with Crippen LogP contribution in [0.4, 0.5) is 10.1 Å². The van der Waals surface area contributed by atoms with Gasteiger partial charge in [-0.15, -0.1) is 0 Å². The highest BCUT2D eigenvalue weighted by molar-refractivity contribution is 5.99. The summed E-state index contributed by atoms with van der Waals surface area (Å²) in [5.74, 6) is -1.39. The number of halogens is 1. The van der Waals surface area contributed by atoms with Crippen LogP contribution in [0.5, 0.6) is 5.75 Å². The third-order valence-corrected chi connectivity index (χ3v) is 3.56. The van der Waals surface area contributed by atoms with Crippen molar-refractivity contribution < 1.29 is 18.7 Å². The second-order valence-corrected chi connectivity index (χ2v) is 5.09. The Balaban J connectivity index is 1.72. The van der Waals surface area contributed by atoms with Crippen molar-refractivity contribution in [3.05, 3.63) is 60.4 Å². The number of carbonyl (C=O) groups is 2. The van der Waals surface area contributed by atoms with Crippen LogP contribution in [0, 0.1) is 11.7 Å². The molecule has 0 N–H and O–H groups in total. The number of esters is 1. The van der Waals surface area contributed by atoms with Crippen LogP contribution in [0.2, 0.25) is 0 Å². The van der Waals surface area contributed by atoms with Crippen LogP contribution in [-0.2, 0) is 9.59 Å². The molecular formula is C17H14FNO3. The monoisotopic (exact) mass is 299 g/mol. The van der Waals surface area contributed by atoms with E-state index in [9.17, 15) is 14.0 Å². The molecule has 5 heteroatoms. The Labute approximate surface area is 127 Å². The molecule has 22 heavy (non-hydrogen) atoms. The summed E-state index contributed by atoms with van der Waals surface area (Å²) >= 11 is 0. The second-order valence-electron chi connectivity index (χ2n) is 5.09. The van der Waals surface area contributed by atoms with Crippen molar-refractivity contribution in [1.29, 1.82) is 0 Å². The van der Waals surface area contributed by atoms with Gasteiger partial charge in [0, 0.05) is 13.0 Å². The van der Waals surface area contributed by atoms with Gasteiger partial charge < -0.3 is 9.64 Å². The molecule has 0 spiro atoms. The molecular weight excluding hydrogens is 285 g/mol. The van der Waals surface area contributed by atoms with Gasteiger partial charge in [0.1, 0.15) is 11.6 Å². The molecule has 1 saturated heterocycles. The molecule has 2 aromatic rings.